The van der Waals surface area contributed by atoms with Crippen molar-refractivity contribution in [3.8, 4) is 11.6 Å². The molecule has 0 saturated heterocycles. The number of hydrogen-bond acceptors (Lipinski definition) is 6. The zero-order valence-corrected chi connectivity index (χ0v) is 9.82. The predicted molar refractivity (Wildman–Crippen MR) is 60.1 cm³/mol. The minimum atomic E-state index is 0.443. The van der Waals surface area contributed by atoms with Gasteiger partial charge in [0, 0.05) is 27.2 Å². The molecule has 16 heavy (non-hydrogen) atoms. The summed E-state index contributed by atoms with van der Waals surface area (Å²) in [5.74, 6) is 1.57. The maximum atomic E-state index is 5.48. The highest BCUT2D eigenvalue weighted by Crippen LogP contribution is 2.30. The summed E-state index contributed by atoms with van der Waals surface area (Å²) in [4.78, 5) is 8.04. The van der Waals surface area contributed by atoms with Crippen molar-refractivity contribution in [2.45, 2.75) is 6.42 Å². The van der Waals surface area contributed by atoms with Crippen LogP contribution in [0.3, 0.4) is 0 Å². The van der Waals surface area contributed by atoms with Crippen LogP contribution in [-0.2, 0) is 4.74 Å². The molecule has 0 fully saturated rings. The molecule has 6 heteroatoms. The Morgan fingerprint density at radius 1 is 1.25 bits per heavy atom. The highest BCUT2D eigenvalue weighted by atomic mass is 16.5. The van der Waals surface area contributed by atoms with Gasteiger partial charge in [-0.3, -0.25) is 0 Å². The minimum absolute atomic E-state index is 0.443. The van der Waals surface area contributed by atoms with E-state index in [-0.39, 0.29) is 0 Å². The number of rotatable bonds is 7. The second kappa shape index (κ2) is 6.84. The van der Waals surface area contributed by atoms with Crippen LogP contribution in [-0.4, -0.2) is 44.4 Å². The lowest BCUT2D eigenvalue weighted by Gasteiger charge is -2.11. The van der Waals surface area contributed by atoms with E-state index in [9.17, 15) is 0 Å². The number of nitrogens with zero attached hydrogens (tertiary/aromatic N) is 2. The lowest BCUT2D eigenvalue weighted by molar-refractivity contribution is 0.169. The van der Waals surface area contributed by atoms with Crippen LogP contribution in [0.15, 0.2) is 6.33 Å². The molecule has 1 aromatic rings. The van der Waals surface area contributed by atoms with E-state index in [1.807, 2.05) is 0 Å². The first kappa shape index (κ1) is 12.5. The van der Waals surface area contributed by atoms with Crippen LogP contribution in [0.2, 0.25) is 0 Å². The fourth-order valence-corrected chi connectivity index (χ4v) is 1.19. The third-order valence-electron chi connectivity index (χ3n) is 1.94. The molecule has 0 spiro atoms. The molecule has 90 valence electrons. The van der Waals surface area contributed by atoms with Crippen LogP contribution in [0, 0.1) is 0 Å². The zero-order valence-electron chi connectivity index (χ0n) is 9.82. The first-order valence-electron chi connectivity index (χ1n) is 5.02. The van der Waals surface area contributed by atoms with Crippen LogP contribution in [0.4, 0.5) is 5.82 Å². The highest BCUT2D eigenvalue weighted by molar-refractivity contribution is 5.54. The van der Waals surface area contributed by atoms with Crippen LogP contribution < -0.4 is 14.8 Å². The van der Waals surface area contributed by atoms with Gasteiger partial charge >= 0.3 is 0 Å². The predicted octanol–water partition coefficient (Wildman–Crippen LogP) is 0.942. The lowest BCUT2D eigenvalue weighted by Crippen LogP contribution is -2.06. The summed E-state index contributed by atoms with van der Waals surface area (Å²) < 4.78 is 15.6. The van der Waals surface area contributed by atoms with Gasteiger partial charge in [0.1, 0.15) is 6.33 Å². The Morgan fingerprint density at radius 2 is 2.06 bits per heavy atom. The van der Waals surface area contributed by atoms with Crippen molar-refractivity contribution in [1.82, 2.24) is 9.97 Å². The summed E-state index contributed by atoms with van der Waals surface area (Å²) in [7, 11) is 4.98. The Kier molecular flexibility index (Phi) is 5.35. The van der Waals surface area contributed by atoms with Crippen LogP contribution in [0.1, 0.15) is 6.42 Å². The van der Waals surface area contributed by atoms with E-state index in [0.29, 0.717) is 30.7 Å². The zero-order chi connectivity index (χ0) is 11.8. The Bertz CT molecular complexity index is 320. The Hall–Kier alpha value is -1.56. The largest absolute Gasteiger partial charge is 0.489 e. The number of methoxy groups -OCH3 is 2. The van der Waals surface area contributed by atoms with Crippen LogP contribution in [0.5, 0.6) is 11.6 Å². The van der Waals surface area contributed by atoms with Crippen molar-refractivity contribution in [2.24, 2.45) is 0 Å². The van der Waals surface area contributed by atoms with Crippen LogP contribution >= 0.6 is 0 Å². The summed E-state index contributed by atoms with van der Waals surface area (Å²) in [5.41, 5.74) is 0. The second-order valence-electron chi connectivity index (χ2n) is 3.01. The average molecular weight is 227 g/mol. The summed E-state index contributed by atoms with van der Waals surface area (Å²) in [6.45, 7) is 1.19. The molecule has 0 saturated carbocycles. The normalized spacial score (nSPS) is 9.94. The van der Waals surface area contributed by atoms with Crippen LogP contribution in [0.25, 0.3) is 0 Å². The molecule has 0 aliphatic carbocycles. The van der Waals surface area contributed by atoms with Gasteiger partial charge in [-0.25, -0.2) is 4.98 Å². The standard InChI is InChI=1S/C10H17N3O3/c1-11-9-8(15-3)10(13-7-12-9)16-6-4-5-14-2/h7H,4-6H2,1-3H3,(H,11,12,13). The minimum Gasteiger partial charge on any atom is -0.489 e. The third kappa shape index (κ3) is 3.23. The monoisotopic (exact) mass is 227 g/mol. The molecule has 0 amide bonds. The Labute approximate surface area is 95.0 Å². The highest BCUT2D eigenvalue weighted by Gasteiger charge is 2.11. The first-order valence-corrected chi connectivity index (χ1v) is 5.02. The smallest absolute Gasteiger partial charge is 0.262 e. The molecule has 0 radical (unpaired) electrons. The lowest BCUT2D eigenvalue weighted by atomic mass is 10.4. The van der Waals surface area contributed by atoms with Crippen molar-refractivity contribution in [3.05, 3.63) is 6.33 Å². The van der Waals surface area contributed by atoms with E-state index < -0.39 is 0 Å². The van der Waals surface area contributed by atoms with Crippen molar-refractivity contribution >= 4 is 5.82 Å². The molecule has 1 rings (SSSR count). The summed E-state index contributed by atoms with van der Waals surface area (Å²) >= 11 is 0. The maximum absolute atomic E-state index is 5.48. The Balaban J connectivity index is 2.63. The molecular formula is C10H17N3O3. The molecule has 1 heterocycles. The molecule has 0 unspecified atom stereocenters. The number of hydrogen-bond donors (Lipinski definition) is 1. The van der Waals surface area contributed by atoms with Crippen molar-refractivity contribution in [3.63, 3.8) is 0 Å². The van der Waals surface area contributed by atoms with Crippen molar-refractivity contribution in [2.75, 3.05) is 39.8 Å². The number of aromatic nitrogens is 2. The van der Waals surface area contributed by atoms with Gasteiger partial charge in [0.2, 0.25) is 5.75 Å². The third-order valence-corrected chi connectivity index (χ3v) is 1.94. The van der Waals surface area contributed by atoms with Gasteiger partial charge in [-0.15, -0.1) is 0 Å². The van der Waals surface area contributed by atoms with Crippen molar-refractivity contribution < 1.29 is 14.2 Å². The molecule has 1 N–H and O–H groups in total. The summed E-state index contributed by atoms with van der Waals surface area (Å²) in [5, 5.41) is 2.91. The molecule has 0 aromatic carbocycles. The second-order valence-corrected chi connectivity index (χ2v) is 3.01. The Morgan fingerprint density at radius 3 is 2.69 bits per heavy atom. The van der Waals surface area contributed by atoms with E-state index >= 15 is 0 Å². The average Bonchev–Trinajstić information content (AvgIpc) is 2.34. The number of anilines is 1. The number of ether oxygens (including phenoxy) is 3. The SMILES string of the molecule is CNc1ncnc(OCCCOC)c1OC. The molecule has 0 bridgehead atoms. The quantitative estimate of drug-likeness (QED) is 0.699. The van der Waals surface area contributed by atoms with Gasteiger partial charge in [0.15, 0.2) is 5.82 Å². The van der Waals surface area contributed by atoms with E-state index in [1.54, 1.807) is 21.3 Å². The molecule has 1 aromatic heterocycles. The summed E-state index contributed by atoms with van der Waals surface area (Å²) in [6.07, 6.45) is 2.23. The van der Waals surface area contributed by atoms with E-state index in [1.165, 1.54) is 6.33 Å². The molecule has 0 atom stereocenters. The van der Waals surface area contributed by atoms with E-state index in [0.717, 1.165) is 6.42 Å². The summed E-state index contributed by atoms with van der Waals surface area (Å²) in [6, 6.07) is 0. The van der Waals surface area contributed by atoms with Gasteiger partial charge in [0.25, 0.3) is 5.88 Å². The van der Waals surface area contributed by atoms with E-state index in [4.69, 9.17) is 14.2 Å². The van der Waals surface area contributed by atoms with Gasteiger partial charge in [-0.1, -0.05) is 0 Å². The van der Waals surface area contributed by atoms with Crippen molar-refractivity contribution in [1.29, 1.82) is 0 Å². The van der Waals surface area contributed by atoms with Gasteiger partial charge in [0.05, 0.1) is 13.7 Å². The number of nitrogens with one attached hydrogen (secondary N) is 1. The maximum Gasteiger partial charge on any atom is 0.262 e. The van der Waals surface area contributed by atoms with Gasteiger partial charge < -0.3 is 19.5 Å². The van der Waals surface area contributed by atoms with E-state index in [2.05, 4.69) is 15.3 Å². The topological polar surface area (TPSA) is 65.5 Å². The van der Waals surface area contributed by atoms with Gasteiger partial charge in [-0.2, -0.15) is 4.98 Å². The molecule has 6 nitrogen and oxygen atoms in total. The first-order chi connectivity index (χ1) is 7.83. The van der Waals surface area contributed by atoms with Gasteiger partial charge in [-0.05, 0) is 0 Å². The molecular weight excluding hydrogens is 210 g/mol. The fraction of sp³-hybridized carbons (Fsp3) is 0.600. The molecule has 0 aliphatic rings. The molecule has 0 aliphatic heterocycles. The fourth-order valence-electron chi connectivity index (χ4n) is 1.19.